The SMILES string of the molecule is C=C(C)CN1CC(CC)OC1=O. The molecule has 0 N–H and O–H groups in total. The van der Waals surface area contributed by atoms with E-state index < -0.39 is 0 Å². The number of hydrogen-bond donors (Lipinski definition) is 0. The summed E-state index contributed by atoms with van der Waals surface area (Å²) in [5, 5.41) is 0. The lowest BCUT2D eigenvalue weighted by Crippen LogP contribution is -2.26. The number of cyclic esters (lactones) is 1. The number of ether oxygens (including phenoxy) is 1. The summed E-state index contributed by atoms with van der Waals surface area (Å²) < 4.78 is 5.07. The molecule has 3 heteroatoms. The van der Waals surface area contributed by atoms with E-state index >= 15 is 0 Å². The van der Waals surface area contributed by atoms with Gasteiger partial charge in [0.15, 0.2) is 0 Å². The van der Waals surface area contributed by atoms with Gasteiger partial charge >= 0.3 is 6.09 Å². The Balaban J connectivity index is 2.46. The van der Waals surface area contributed by atoms with Crippen LogP contribution >= 0.6 is 0 Å². The van der Waals surface area contributed by atoms with Crippen molar-refractivity contribution < 1.29 is 9.53 Å². The van der Waals surface area contributed by atoms with Crippen LogP contribution in [0.15, 0.2) is 12.2 Å². The van der Waals surface area contributed by atoms with Gasteiger partial charge in [-0.15, -0.1) is 0 Å². The van der Waals surface area contributed by atoms with Crippen molar-refractivity contribution in [1.82, 2.24) is 4.90 Å². The molecule has 1 aliphatic rings. The first kappa shape index (κ1) is 9.10. The molecular weight excluding hydrogens is 154 g/mol. The maximum absolute atomic E-state index is 11.1. The third kappa shape index (κ3) is 2.00. The van der Waals surface area contributed by atoms with Crippen molar-refractivity contribution >= 4 is 6.09 Å². The molecule has 68 valence electrons. The predicted molar refractivity (Wildman–Crippen MR) is 46.9 cm³/mol. The predicted octanol–water partition coefficient (Wildman–Crippen LogP) is 1.79. The van der Waals surface area contributed by atoms with Crippen molar-refractivity contribution in [2.24, 2.45) is 0 Å². The van der Waals surface area contributed by atoms with Crippen molar-refractivity contribution in [3.8, 4) is 0 Å². The Morgan fingerprint density at radius 1 is 1.83 bits per heavy atom. The fourth-order valence-corrected chi connectivity index (χ4v) is 1.24. The maximum Gasteiger partial charge on any atom is 0.410 e. The lowest BCUT2D eigenvalue weighted by atomic mass is 10.2. The van der Waals surface area contributed by atoms with Crippen LogP contribution in [0.3, 0.4) is 0 Å². The molecule has 0 spiro atoms. The monoisotopic (exact) mass is 169 g/mol. The van der Waals surface area contributed by atoms with Gasteiger partial charge in [0, 0.05) is 6.54 Å². The average Bonchev–Trinajstić information content (AvgIpc) is 2.31. The largest absolute Gasteiger partial charge is 0.444 e. The molecule has 0 aromatic rings. The van der Waals surface area contributed by atoms with Crippen LogP contribution in [0, 0.1) is 0 Å². The Kier molecular flexibility index (Phi) is 2.74. The molecule has 0 aromatic carbocycles. The summed E-state index contributed by atoms with van der Waals surface area (Å²) in [6.07, 6.45) is 0.764. The van der Waals surface area contributed by atoms with Gasteiger partial charge in [-0.1, -0.05) is 19.1 Å². The Morgan fingerprint density at radius 2 is 2.50 bits per heavy atom. The zero-order chi connectivity index (χ0) is 9.14. The van der Waals surface area contributed by atoms with Crippen LogP contribution in [0.4, 0.5) is 4.79 Å². The molecule has 1 atom stereocenters. The van der Waals surface area contributed by atoms with Crippen LogP contribution in [0.1, 0.15) is 20.3 Å². The van der Waals surface area contributed by atoms with Crippen molar-refractivity contribution in [2.45, 2.75) is 26.4 Å². The van der Waals surface area contributed by atoms with Gasteiger partial charge in [0.25, 0.3) is 0 Å². The molecule has 12 heavy (non-hydrogen) atoms. The average molecular weight is 169 g/mol. The van der Waals surface area contributed by atoms with Gasteiger partial charge in [0.2, 0.25) is 0 Å². The quantitative estimate of drug-likeness (QED) is 0.603. The Bertz CT molecular complexity index is 201. The summed E-state index contributed by atoms with van der Waals surface area (Å²) in [6.45, 7) is 9.01. The van der Waals surface area contributed by atoms with Crippen LogP contribution in [0.2, 0.25) is 0 Å². The number of hydrogen-bond acceptors (Lipinski definition) is 2. The lowest BCUT2D eigenvalue weighted by Gasteiger charge is -2.11. The fourth-order valence-electron chi connectivity index (χ4n) is 1.24. The topological polar surface area (TPSA) is 29.5 Å². The summed E-state index contributed by atoms with van der Waals surface area (Å²) in [7, 11) is 0. The molecule has 1 aliphatic heterocycles. The number of carbonyl (C=O) groups excluding carboxylic acids is 1. The zero-order valence-corrected chi connectivity index (χ0v) is 7.67. The van der Waals surface area contributed by atoms with Gasteiger partial charge in [-0.2, -0.15) is 0 Å². The molecule has 0 bridgehead atoms. The first-order valence-electron chi connectivity index (χ1n) is 4.23. The Morgan fingerprint density at radius 3 is 2.92 bits per heavy atom. The molecule has 1 unspecified atom stereocenters. The van der Waals surface area contributed by atoms with Crippen LogP contribution < -0.4 is 0 Å². The van der Waals surface area contributed by atoms with Gasteiger partial charge in [-0.05, 0) is 13.3 Å². The molecule has 0 aromatic heterocycles. The summed E-state index contributed by atoms with van der Waals surface area (Å²) in [6, 6.07) is 0. The van der Waals surface area contributed by atoms with Crippen LogP contribution in [-0.2, 0) is 4.74 Å². The molecule has 3 nitrogen and oxygen atoms in total. The highest BCUT2D eigenvalue weighted by Crippen LogP contribution is 2.14. The molecule has 1 heterocycles. The van der Waals surface area contributed by atoms with E-state index in [1.165, 1.54) is 0 Å². The number of nitrogens with zero attached hydrogens (tertiary/aromatic N) is 1. The molecule has 1 saturated heterocycles. The zero-order valence-electron chi connectivity index (χ0n) is 7.67. The summed E-state index contributed by atoms with van der Waals surface area (Å²) in [4.78, 5) is 12.8. The highest BCUT2D eigenvalue weighted by molar-refractivity contribution is 5.70. The third-order valence-electron chi connectivity index (χ3n) is 1.87. The van der Waals surface area contributed by atoms with Crippen molar-refractivity contribution in [3.63, 3.8) is 0 Å². The van der Waals surface area contributed by atoms with E-state index in [9.17, 15) is 4.79 Å². The van der Waals surface area contributed by atoms with Crippen LogP contribution in [-0.4, -0.2) is 30.2 Å². The van der Waals surface area contributed by atoms with E-state index in [4.69, 9.17) is 4.74 Å². The smallest absolute Gasteiger partial charge is 0.410 e. The van der Waals surface area contributed by atoms with Crippen LogP contribution in [0.25, 0.3) is 0 Å². The van der Waals surface area contributed by atoms with Gasteiger partial charge < -0.3 is 9.64 Å². The van der Waals surface area contributed by atoms with Crippen molar-refractivity contribution in [1.29, 1.82) is 0 Å². The number of rotatable bonds is 3. The minimum absolute atomic E-state index is 0.0804. The first-order valence-corrected chi connectivity index (χ1v) is 4.23. The first-order chi connectivity index (χ1) is 5.63. The normalized spacial score (nSPS) is 22.7. The summed E-state index contributed by atoms with van der Waals surface area (Å²) in [5.41, 5.74) is 0.990. The standard InChI is InChI=1S/C9H15NO2/c1-4-8-6-10(5-7(2)3)9(11)12-8/h8H,2,4-6H2,1,3H3. The minimum atomic E-state index is -0.204. The summed E-state index contributed by atoms with van der Waals surface area (Å²) in [5.74, 6) is 0. The van der Waals surface area contributed by atoms with E-state index in [-0.39, 0.29) is 12.2 Å². The molecule has 0 radical (unpaired) electrons. The van der Waals surface area contributed by atoms with Gasteiger partial charge in [-0.3, -0.25) is 0 Å². The van der Waals surface area contributed by atoms with Gasteiger partial charge in [-0.25, -0.2) is 4.79 Å². The number of carbonyl (C=O) groups is 1. The lowest BCUT2D eigenvalue weighted by molar-refractivity contribution is 0.131. The second-order valence-corrected chi connectivity index (χ2v) is 3.25. The fraction of sp³-hybridized carbons (Fsp3) is 0.667. The molecule has 0 aliphatic carbocycles. The van der Waals surface area contributed by atoms with Gasteiger partial charge in [0.05, 0.1) is 6.54 Å². The van der Waals surface area contributed by atoms with E-state index in [1.807, 2.05) is 13.8 Å². The molecule has 1 amide bonds. The second-order valence-electron chi connectivity index (χ2n) is 3.25. The van der Waals surface area contributed by atoms with Crippen LogP contribution in [0.5, 0.6) is 0 Å². The molecular formula is C9H15NO2. The molecule has 1 rings (SSSR count). The molecule has 0 saturated carbocycles. The highest BCUT2D eigenvalue weighted by atomic mass is 16.6. The minimum Gasteiger partial charge on any atom is -0.444 e. The molecule has 1 fully saturated rings. The highest BCUT2D eigenvalue weighted by Gasteiger charge is 2.29. The third-order valence-corrected chi connectivity index (χ3v) is 1.87. The Hall–Kier alpha value is -0.990. The second kappa shape index (κ2) is 3.61. The van der Waals surface area contributed by atoms with Crippen molar-refractivity contribution in [3.05, 3.63) is 12.2 Å². The van der Waals surface area contributed by atoms with E-state index in [0.29, 0.717) is 13.1 Å². The maximum atomic E-state index is 11.1. The number of amides is 1. The Labute approximate surface area is 73.0 Å². The van der Waals surface area contributed by atoms with Gasteiger partial charge in [0.1, 0.15) is 6.10 Å². The van der Waals surface area contributed by atoms with Crippen molar-refractivity contribution in [2.75, 3.05) is 13.1 Å². The van der Waals surface area contributed by atoms with E-state index in [2.05, 4.69) is 6.58 Å². The van der Waals surface area contributed by atoms with E-state index in [1.54, 1.807) is 4.90 Å². The summed E-state index contributed by atoms with van der Waals surface area (Å²) >= 11 is 0. The van der Waals surface area contributed by atoms with E-state index in [0.717, 1.165) is 12.0 Å².